The molecular weight excluding hydrogens is 767 g/mol. The van der Waals surface area contributed by atoms with Crippen LogP contribution in [0.5, 0.6) is 5.88 Å². The Morgan fingerprint density at radius 2 is 1.68 bits per heavy atom. The molecule has 3 fully saturated rings. The minimum Gasteiger partial charge on any atom is -0.481 e. The van der Waals surface area contributed by atoms with E-state index < -0.39 is 11.7 Å². The van der Waals surface area contributed by atoms with Crippen molar-refractivity contribution in [3.63, 3.8) is 0 Å². The van der Waals surface area contributed by atoms with E-state index >= 15 is 0 Å². The first kappa shape index (κ1) is 38.8. The fraction of sp³-hybridized carbons (Fsp3) is 0.372. The van der Waals surface area contributed by atoms with Crippen molar-refractivity contribution in [1.82, 2.24) is 29.5 Å². The molecule has 0 bridgehead atoms. The lowest BCUT2D eigenvalue weighted by Gasteiger charge is -2.55. The first-order valence-electron chi connectivity index (χ1n) is 19.0. The van der Waals surface area contributed by atoms with Crippen molar-refractivity contribution in [3.05, 3.63) is 105 Å². The molecule has 2 amide bonds. The Morgan fingerprint density at radius 1 is 0.982 bits per heavy atom. The maximum Gasteiger partial charge on any atom is 0.410 e. The van der Waals surface area contributed by atoms with Crippen LogP contribution in [0.25, 0.3) is 39.2 Å². The normalized spacial score (nSPS) is 17.6. The topological polar surface area (TPSA) is 128 Å². The van der Waals surface area contributed by atoms with Crippen molar-refractivity contribution in [2.45, 2.75) is 58.3 Å². The molecule has 3 aliphatic heterocycles. The molecule has 5 aromatic rings. The van der Waals surface area contributed by atoms with Crippen LogP contribution in [0.1, 0.15) is 44.7 Å². The summed E-state index contributed by atoms with van der Waals surface area (Å²) in [6, 6.07) is 18.9. The van der Waals surface area contributed by atoms with Gasteiger partial charge >= 0.3 is 6.09 Å². The Hall–Kier alpha value is -5.01. The molecule has 8 rings (SSSR count). The minimum atomic E-state index is -0.741. The molecule has 296 valence electrons. The second kappa shape index (κ2) is 15.4. The quantitative estimate of drug-likeness (QED) is 0.155. The zero-order valence-corrected chi connectivity index (χ0v) is 33.8. The molecule has 1 unspecified atom stereocenters. The van der Waals surface area contributed by atoms with Gasteiger partial charge in [-0.2, -0.15) is 0 Å². The second-order valence-electron chi connectivity index (χ2n) is 16.2. The van der Waals surface area contributed by atoms with Crippen molar-refractivity contribution in [1.29, 1.82) is 0 Å². The number of carbonyl (C=O) groups is 2. The summed E-state index contributed by atoms with van der Waals surface area (Å²) in [7, 11) is 1.63. The van der Waals surface area contributed by atoms with Gasteiger partial charge in [0, 0.05) is 84.3 Å². The predicted octanol–water partition coefficient (Wildman–Crippen LogP) is 7.25. The highest BCUT2D eigenvalue weighted by Gasteiger charge is 2.48. The largest absolute Gasteiger partial charge is 0.481 e. The van der Waals surface area contributed by atoms with E-state index in [4.69, 9.17) is 42.4 Å². The van der Waals surface area contributed by atoms with Crippen LogP contribution >= 0.6 is 23.2 Å². The van der Waals surface area contributed by atoms with Crippen LogP contribution in [0.15, 0.2) is 77.9 Å². The molecule has 0 saturated carbocycles. The molecule has 57 heavy (non-hydrogen) atoms. The van der Waals surface area contributed by atoms with E-state index in [0.717, 1.165) is 66.2 Å². The van der Waals surface area contributed by atoms with Gasteiger partial charge in [-0.15, -0.1) is 0 Å². The number of fused-ring (bicyclic) bond motifs is 1. The zero-order chi connectivity index (χ0) is 40.1. The van der Waals surface area contributed by atoms with E-state index in [0.29, 0.717) is 51.1 Å². The van der Waals surface area contributed by atoms with E-state index in [9.17, 15) is 14.4 Å². The fourth-order valence-corrected chi connectivity index (χ4v) is 8.51. The van der Waals surface area contributed by atoms with E-state index in [1.165, 1.54) is 15.5 Å². The maximum atomic E-state index is 13.8. The number of carbonyl (C=O) groups excluding carboxylic acids is 2. The Labute approximate surface area is 340 Å². The highest BCUT2D eigenvalue weighted by atomic mass is 35.5. The van der Waals surface area contributed by atoms with Gasteiger partial charge in [0.15, 0.2) is 0 Å². The van der Waals surface area contributed by atoms with Crippen molar-refractivity contribution < 1.29 is 23.8 Å². The third-order valence-electron chi connectivity index (χ3n) is 10.7. The van der Waals surface area contributed by atoms with Crippen LogP contribution < -0.4 is 15.6 Å². The summed E-state index contributed by atoms with van der Waals surface area (Å²) in [6.07, 6.45) is 3.54. The Morgan fingerprint density at radius 3 is 2.33 bits per heavy atom. The fourth-order valence-electron chi connectivity index (χ4n) is 7.85. The zero-order valence-electron chi connectivity index (χ0n) is 32.3. The summed E-state index contributed by atoms with van der Waals surface area (Å²) >= 11 is 14.3. The maximum absolute atomic E-state index is 13.8. The monoisotopic (exact) mass is 810 g/mol. The first-order chi connectivity index (χ1) is 27.3. The molecule has 0 aliphatic carbocycles. The number of aromatic nitrogens is 3. The molecule has 6 heterocycles. The summed E-state index contributed by atoms with van der Waals surface area (Å²) in [5.74, 6) is 0.500. The molecule has 1 spiro atoms. The summed E-state index contributed by atoms with van der Waals surface area (Å²) < 4.78 is 18.2. The van der Waals surface area contributed by atoms with E-state index in [1.54, 1.807) is 46.2 Å². The molecule has 1 N–H and O–H groups in total. The number of halogens is 2. The average molecular weight is 812 g/mol. The van der Waals surface area contributed by atoms with Gasteiger partial charge in [-0.3, -0.25) is 18.9 Å². The summed E-state index contributed by atoms with van der Waals surface area (Å²) in [5.41, 5.74) is 5.38. The molecular formula is C43H44Cl2N6O6. The number of rotatable bonds is 10. The standard InChI is InChI=1S/C43H44Cl2N6O6/c1-42(2,3)57-41(54)50(21-29-12-14-36(52)47-29)20-28-18-46-35-17-26(15-16-51(35)40(28)53)30-7-5-8-31(37(30)44)32-9-6-10-33(38(32)45)34-13-11-27(39(48-34)55-4)19-49-22-43(23-49)24-56-25-43/h5-11,13,15-18,29H,12,14,19-25H2,1-4H3,(H,47,52). The van der Waals surface area contributed by atoms with Gasteiger partial charge in [0.1, 0.15) is 11.2 Å². The van der Waals surface area contributed by atoms with Crippen molar-refractivity contribution >= 4 is 40.8 Å². The van der Waals surface area contributed by atoms with Gasteiger partial charge in [0.05, 0.1) is 48.2 Å². The summed E-state index contributed by atoms with van der Waals surface area (Å²) in [6.45, 7) is 9.97. The van der Waals surface area contributed by atoms with Crippen molar-refractivity contribution in [2.75, 3.05) is 40.0 Å². The molecule has 3 aromatic heterocycles. The number of ether oxygens (including phenoxy) is 3. The van der Waals surface area contributed by atoms with Gasteiger partial charge in [0.25, 0.3) is 5.56 Å². The highest BCUT2D eigenvalue weighted by Crippen LogP contribution is 2.43. The van der Waals surface area contributed by atoms with Gasteiger partial charge < -0.3 is 24.4 Å². The number of pyridine rings is 2. The summed E-state index contributed by atoms with van der Waals surface area (Å²) in [4.78, 5) is 52.2. The van der Waals surface area contributed by atoms with Crippen LogP contribution in [0.2, 0.25) is 10.0 Å². The van der Waals surface area contributed by atoms with Crippen molar-refractivity contribution in [3.8, 4) is 39.4 Å². The Bertz CT molecular complexity index is 2440. The molecule has 1 atom stereocenters. The van der Waals surface area contributed by atoms with Crippen LogP contribution in [-0.2, 0) is 27.4 Å². The minimum absolute atomic E-state index is 0.0344. The lowest BCUT2D eigenvalue weighted by atomic mass is 9.78. The van der Waals surface area contributed by atoms with E-state index in [1.807, 2.05) is 42.5 Å². The highest BCUT2D eigenvalue weighted by molar-refractivity contribution is 6.39. The molecule has 12 nitrogen and oxygen atoms in total. The van der Waals surface area contributed by atoms with Gasteiger partial charge in [-0.25, -0.2) is 14.8 Å². The van der Waals surface area contributed by atoms with Crippen molar-refractivity contribution in [2.24, 2.45) is 5.41 Å². The van der Waals surface area contributed by atoms with Gasteiger partial charge in [-0.1, -0.05) is 65.7 Å². The second-order valence-corrected chi connectivity index (χ2v) is 17.0. The number of likely N-dealkylation sites (tertiary alicyclic amines) is 1. The summed E-state index contributed by atoms with van der Waals surface area (Å²) in [5, 5.41) is 3.87. The molecule has 3 saturated heterocycles. The average Bonchev–Trinajstić information content (AvgIpc) is 3.56. The van der Waals surface area contributed by atoms with Gasteiger partial charge in [-0.05, 0) is 51.0 Å². The number of hydrogen-bond acceptors (Lipinski definition) is 9. The lowest BCUT2D eigenvalue weighted by molar-refractivity contribution is -0.191. The number of benzene rings is 2. The van der Waals surface area contributed by atoms with E-state index in [-0.39, 0.29) is 30.6 Å². The lowest BCUT2D eigenvalue weighted by Crippen LogP contribution is -2.65. The number of methoxy groups -OCH3 is 1. The van der Waals surface area contributed by atoms with Crippen LogP contribution in [0.3, 0.4) is 0 Å². The number of nitrogens with zero attached hydrogens (tertiary/aromatic N) is 5. The first-order valence-corrected chi connectivity index (χ1v) is 19.8. The Kier molecular flexibility index (Phi) is 10.5. The smallest absolute Gasteiger partial charge is 0.410 e. The SMILES string of the molecule is COc1nc(-c2cccc(-c3cccc(-c4ccn5c(=O)c(CN(CC6CCC(=O)N6)C(=O)OC(C)(C)C)cnc5c4)c3Cl)c2Cl)ccc1CN1CC2(COC2)C1. The third-order valence-corrected chi connectivity index (χ3v) is 11.5. The van der Waals surface area contributed by atoms with Crippen LogP contribution in [0.4, 0.5) is 4.79 Å². The Balaban J connectivity index is 1.04. The number of nitrogens with one attached hydrogen (secondary N) is 1. The molecule has 2 aromatic carbocycles. The van der Waals surface area contributed by atoms with Crippen LogP contribution in [-0.4, -0.2) is 87.8 Å². The molecule has 14 heteroatoms. The number of amides is 2. The molecule has 0 radical (unpaired) electrons. The van der Waals surface area contributed by atoms with E-state index in [2.05, 4.69) is 21.3 Å². The third kappa shape index (κ3) is 7.96. The van der Waals surface area contributed by atoms with Gasteiger partial charge in [0.2, 0.25) is 11.8 Å². The van der Waals surface area contributed by atoms with Crippen LogP contribution in [0, 0.1) is 5.41 Å². The predicted molar refractivity (Wildman–Crippen MR) is 218 cm³/mol. The molecule has 3 aliphatic rings. The number of hydrogen-bond donors (Lipinski definition) is 1.